The molecule has 0 aromatic rings. The average molecular weight is 123 g/mol. The first-order chi connectivity index (χ1) is 4.05. The van der Waals surface area contributed by atoms with Crippen molar-refractivity contribution in [3.63, 3.8) is 0 Å². The van der Waals surface area contributed by atoms with Crippen molar-refractivity contribution in [2.45, 2.75) is 27.2 Å². The van der Waals surface area contributed by atoms with Gasteiger partial charge in [0.25, 0.3) is 0 Å². The van der Waals surface area contributed by atoms with Gasteiger partial charge in [0.15, 0.2) is 0 Å². The Labute approximate surface area is 56.7 Å². The average Bonchev–Trinajstić information content (AvgIpc) is 2.39. The van der Waals surface area contributed by atoms with Gasteiger partial charge in [-0.1, -0.05) is 20.8 Å². The van der Waals surface area contributed by atoms with Crippen LogP contribution in [-0.2, 0) is 0 Å². The van der Waals surface area contributed by atoms with Crippen LogP contribution in [0, 0.1) is 28.6 Å². The molecule has 1 saturated carbocycles. The molecule has 0 radical (unpaired) electrons. The third kappa shape index (κ3) is 1.24. The lowest BCUT2D eigenvalue weighted by Crippen LogP contribution is -2.08. The second-order valence-electron chi connectivity index (χ2n) is 3.94. The minimum Gasteiger partial charge on any atom is -0.198 e. The van der Waals surface area contributed by atoms with Crippen molar-refractivity contribution >= 4 is 0 Å². The molecule has 1 heteroatoms. The van der Waals surface area contributed by atoms with Crippen LogP contribution >= 0.6 is 0 Å². The molecular formula is C8H13N. The molecule has 9 heavy (non-hydrogen) atoms. The van der Waals surface area contributed by atoms with Gasteiger partial charge in [-0.15, -0.1) is 0 Å². The van der Waals surface area contributed by atoms with E-state index in [1.54, 1.807) is 0 Å². The van der Waals surface area contributed by atoms with E-state index in [2.05, 4.69) is 26.8 Å². The second kappa shape index (κ2) is 1.73. The normalized spacial score (nSPS) is 33.6. The first-order valence-corrected chi connectivity index (χ1v) is 3.45. The molecule has 0 spiro atoms. The third-order valence-electron chi connectivity index (χ3n) is 2.07. The molecule has 2 atom stereocenters. The predicted molar refractivity (Wildman–Crippen MR) is 36.7 cm³/mol. The summed E-state index contributed by atoms with van der Waals surface area (Å²) < 4.78 is 0. The van der Waals surface area contributed by atoms with Gasteiger partial charge in [0.05, 0.1) is 12.0 Å². The number of hydrogen-bond donors (Lipinski definition) is 0. The molecule has 50 valence electrons. The van der Waals surface area contributed by atoms with E-state index in [0.717, 1.165) is 6.42 Å². The summed E-state index contributed by atoms with van der Waals surface area (Å²) in [5.74, 6) is 1.03. The van der Waals surface area contributed by atoms with E-state index in [0.29, 0.717) is 17.3 Å². The summed E-state index contributed by atoms with van der Waals surface area (Å²) in [7, 11) is 0. The largest absolute Gasteiger partial charge is 0.198 e. The van der Waals surface area contributed by atoms with E-state index < -0.39 is 0 Å². The lowest BCUT2D eigenvalue weighted by atomic mass is 9.89. The highest BCUT2D eigenvalue weighted by Gasteiger charge is 2.45. The number of nitriles is 1. The Hall–Kier alpha value is -0.510. The fraction of sp³-hybridized carbons (Fsp3) is 0.875. The van der Waals surface area contributed by atoms with E-state index in [9.17, 15) is 0 Å². The summed E-state index contributed by atoms with van der Waals surface area (Å²) in [6.45, 7) is 6.61. The Bertz CT molecular complexity index is 147. The van der Waals surface area contributed by atoms with Gasteiger partial charge in [-0.2, -0.15) is 5.26 Å². The van der Waals surface area contributed by atoms with Crippen molar-refractivity contribution < 1.29 is 0 Å². The van der Waals surface area contributed by atoms with Crippen LogP contribution in [0.25, 0.3) is 0 Å². The molecule has 0 aliphatic heterocycles. The van der Waals surface area contributed by atoms with E-state index in [1.807, 2.05) is 0 Å². The Morgan fingerprint density at radius 3 is 2.11 bits per heavy atom. The van der Waals surface area contributed by atoms with Crippen molar-refractivity contribution in [1.82, 2.24) is 0 Å². The third-order valence-corrected chi connectivity index (χ3v) is 2.07. The second-order valence-corrected chi connectivity index (χ2v) is 3.94. The summed E-state index contributed by atoms with van der Waals surface area (Å²) in [4.78, 5) is 0. The van der Waals surface area contributed by atoms with Crippen LogP contribution in [-0.4, -0.2) is 0 Å². The maximum absolute atomic E-state index is 8.49. The van der Waals surface area contributed by atoms with E-state index in [1.165, 1.54) is 0 Å². The summed E-state index contributed by atoms with van der Waals surface area (Å²) >= 11 is 0. The fourth-order valence-electron chi connectivity index (χ4n) is 1.29. The van der Waals surface area contributed by atoms with E-state index in [4.69, 9.17) is 5.26 Å². The standard InChI is InChI=1S/C8H13N/c1-8(2,3)7-4-6(7)5-9/h6-7H,4H2,1-3H3/t6-,7-/m0/s1. The highest BCUT2D eigenvalue weighted by molar-refractivity contribution is 5.05. The van der Waals surface area contributed by atoms with Gasteiger partial charge in [-0.25, -0.2) is 0 Å². The summed E-state index contributed by atoms with van der Waals surface area (Å²) in [6, 6.07) is 2.30. The van der Waals surface area contributed by atoms with Crippen molar-refractivity contribution in [3.8, 4) is 6.07 Å². The van der Waals surface area contributed by atoms with Gasteiger partial charge < -0.3 is 0 Å². The molecule has 0 heterocycles. The monoisotopic (exact) mass is 123 g/mol. The number of hydrogen-bond acceptors (Lipinski definition) is 1. The van der Waals surface area contributed by atoms with Crippen LogP contribution in [0.4, 0.5) is 0 Å². The van der Waals surface area contributed by atoms with Crippen molar-refractivity contribution in [2.24, 2.45) is 17.3 Å². The van der Waals surface area contributed by atoms with Gasteiger partial charge in [0.2, 0.25) is 0 Å². The van der Waals surface area contributed by atoms with E-state index in [-0.39, 0.29) is 0 Å². The first-order valence-electron chi connectivity index (χ1n) is 3.45. The first kappa shape index (κ1) is 6.61. The molecule has 0 aromatic heterocycles. The van der Waals surface area contributed by atoms with Crippen LogP contribution in [0.15, 0.2) is 0 Å². The summed E-state index contributed by atoms with van der Waals surface area (Å²) in [5, 5.41) is 8.49. The molecule has 1 rings (SSSR count). The predicted octanol–water partition coefficient (Wildman–Crippen LogP) is 2.19. The van der Waals surface area contributed by atoms with Gasteiger partial charge in [0.1, 0.15) is 0 Å². The summed E-state index contributed by atoms with van der Waals surface area (Å²) in [6.07, 6.45) is 1.12. The molecule has 1 nitrogen and oxygen atoms in total. The van der Waals surface area contributed by atoms with Gasteiger partial charge in [0, 0.05) is 0 Å². The van der Waals surface area contributed by atoms with Crippen LogP contribution in [0.2, 0.25) is 0 Å². The minimum absolute atomic E-state index is 0.362. The Balaban J connectivity index is 2.45. The highest BCUT2D eigenvalue weighted by Crippen LogP contribution is 2.49. The zero-order valence-electron chi connectivity index (χ0n) is 6.31. The van der Waals surface area contributed by atoms with Crippen LogP contribution < -0.4 is 0 Å². The minimum atomic E-state index is 0.362. The molecule has 0 unspecified atom stereocenters. The quantitative estimate of drug-likeness (QED) is 0.484. The van der Waals surface area contributed by atoms with Crippen molar-refractivity contribution in [3.05, 3.63) is 0 Å². The zero-order chi connectivity index (χ0) is 7.07. The van der Waals surface area contributed by atoms with Gasteiger partial charge >= 0.3 is 0 Å². The van der Waals surface area contributed by atoms with Crippen molar-refractivity contribution in [1.29, 1.82) is 5.26 Å². The van der Waals surface area contributed by atoms with Crippen molar-refractivity contribution in [2.75, 3.05) is 0 Å². The van der Waals surface area contributed by atoms with Crippen LogP contribution in [0.1, 0.15) is 27.2 Å². The Morgan fingerprint density at radius 2 is 2.00 bits per heavy atom. The lowest BCUT2D eigenvalue weighted by molar-refractivity contribution is 0.341. The molecule has 0 N–H and O–H groups in total. The molecule has 0 amide bonds. The van der Waals surface area contributed by atoms with Gasteiger partial charge in [-0.05, 0) is 17.8 Å². The number of nitrogens with zero attached hydrogens (tertiary/aromatic N) is 1. The maximum atomic E-state index is 8.49. The van der Waals surface area contributed by atoms with E-state index >= 15 is 0 Å². The Kier molecular flexibility index (Phi) is 1.27. The topological polar surface area (TPSA) is 23.8 Å². The molecule has 1 aliphatic rings. The maximum Gasteiger partial charge on any atom is 0.0659 e. The highest BCUT2D eigenvalue weighted by atomic mass is 14.5. The van der Waals surface area contributed by atoms with Crippen LogP contribution in [0.5, 0.6) is 0 Å². The summed E-state index contributed by atoms with van der Waals surface area (Å²) in [5.41, 5.74) is 0.362. The molecule has 0 aromatic carbocycles. The molecular weight excluding hydrogens is 110 g/mol. The lowest BCUT2D eigenvalue weighted by Gasteiger charge is -2.16. The zero-order valence-corrected chi connectivity index (χ0v) is 6.31. The molecule has 1 fully saturated rings. The SMILES string of the molecule is CC(C)(C)[C@H]1C[C@H]1C#N. The Morgan fingerprint density at radius 1 is 1.44 bits per heavy atom. The smallest absolute Gasteiger partial charge is 0.0659 e. The molecule has 1 aliphatic carbocycles. The molecule has 0 bridgehead atoms. The molecule has 0 saturated heterocycles. The van der Waals surface area contributed by atoms with Crippen LogP contribution in [0.3, 0.4) is 0 Å². The fourth-order valence-corrected chi connectivity index (χ4v) is 1.29. The van der Waals surface area contributed by atoms with Gasteiger partial charge in [-0.3, -0.25) is 0 Å². The number of rotatable bonds is 0.